The van der Waals surface area contributed by atoms with Gasteiger partial charge in [0.2, 0.25) is 0 Å². The summed E-state index contributed by atoms with van der Waals surface area (Å²) in [6.07, 6.45) is 0. The predicted octanol–water partition coefficient (Wildman–Crippen LogP) is 4.15. The van der Waals surface area contributed by atoms with Crippen LogP contribution in [-0.4, -0.2) is 31.0 Å². The summed E-state index contributed by atoms with van der Waals surface area (Å²) in [5, 5.41) is 0. The average Bonchev–Trinajstić information content (AvgIpc) is 3.17. The van der Waals surface area contributed by atoms with Crippen molar-refractivity contribution in [2.45, 2.75) is 6.61 Å². The topological polar surface area (TPSA) is 51.9 Å². The molecule has 0 bridgehead atoms. The first-order valence-electron chi connectivity index (χ1n) is 8.53. The number of carbonyl (C=O) groups is 1. The molecule has 0 saturated carbocycles. The van der Waals surface area contributed by atoms with Crippen LogP contribution >= 0.6 is 0 Å². The molecule has 0 N–H and O–H groups in total. The highest BCUT2D eigenvalue weighted by Crippen LogP contribution is 2.16. The molecule has 0 fully saturated rings. The maximum atomic E-state index is 13.5. The second-order valence-corrected chi connectivity index (χ2v) is 5.87. The number of carbonyl (C=O) groups excluding carboxylic acids is 1. The third-order valence-electron chi connectivity index (χ3n) is 3.86. The van der Waals surface area contributed by atoms with E-state index in [2.05, 4.69) is 0 Å². The summed E-state index contributed by atoms with van der Waals surface area (Å²) in [5.41, 5.74) is 0. The summed E-state index contributed by atoms with van der Waals surface area (Å²) in [7, 11) is 1.63. The summed E-state index contributed by atoms with van der Waals surface area (Å²) in [6, 6.07) is 18.8. The number of nitrogens with zero attached hydrogens (tertiary/aromatic N) is 1. The first kappa shape index (κ1) is 18.5. The number of hydrogen-bond acceptors (Lipinski definition) is 4. The van der Waals surface area contributed by atoms with E-state index in [-0.39, 0.29) is 30.6 Å². The van der Waals surface area contributed by atoms with Gasteiger partial charge in [-0.2, -0.15) is 0 Å². The molecule has 0 aliphatic rings. The van der Waals surface area contributed by atoms with Gasteiger partial charge in [-0.1, -0.05) is 30.3 Å². The Morgan fingerprint density at radius 3 is 2.52 bits per heavy atom. The third-order valence-corrected chi connectivity index (χ3v) is 3.86. The van der Waals surface area contributed by atoms with Crippen LogP contribution in [0.1, 0.15) is 16.3 Å². The summed E-state index contributed by atoms with van der Waals surface area (Å²) in [5.74, 6) is 0.952. The molecule has 6 heteroatoms. The molecule has 1 heterocycles. The molecule has 0 saturated heterocycles. The molecule has 0 spiro atoms. The lowest BCUT2D eigenvalue weighted by Crippen LogP contribution is -2.30. The van der Waals surface area contributed by atoms with Crippen molar-refractivity contribution >= 4 is 5.91 Å². The summed E-state index contributed by atoms with van der Waals surface area (Å²) < 4.78 is 30.0. The number of ether oxygens (including phenoxy) is 2. The number of halogens is 1. The van der Waals surface area contributed by atoms with Crippen molar-refractivity contribution in [1.29, 1.82) is 0 Å². The summed E-state index contributed by atoms with van der Waals surface area (Å²) in [4.78, 5) is 13.9. The minimum atomic E-state index is -0.430. The monoisotopic (exact) mass is 369 g/mol. The molecule has 0 atom stereocenters. The molecular weight excluding hydrogens is 349 g/mol. The van der Waals surface area contributed by atoms with Crippen molar-refractivity contribution in [3.8, 4) is 11.5 Å². The van der Waals surface area contributed by atoms with Crippen LogP contribution in [0.25, 0.3) is 0 Å². The second kappa shape index (κ2) is 8.89. The van der Waals surface area contributed by atoms with Gasteiger partial charge in [-0.15, -0.1) is 0 Å². The second-order valence-electron chi connectivity index (χ2n) is 5.87. The molecule has 0 radical (unpaired) electrons. The molecule has 140 valence electrons. The van der Waals surface area contributed by atoms with E-state index in [0.717, 1.165) is 5.75 Å². The fourth-order valence-electron chi connectivity index (χ4n) is 2.39. The van der Waals surface area contributed by atoms with Gasteiger partial charge in [0.25, 0.3) is 5.91 Å². The zero-order valence-electron chi connectivity index (χ0n) is 14.9. The van der Waals surface area contributed by atoms with Gasteiger partial charge < -0.3 is 18.8 Å². The van der Waals surface area contributed by atoms with Gasteiger partial charge in [-0.05, 0) is 36.4 Å². The van der Waals surface area contributed by atoms with E-state index in [1.165, 1.54) is 11.0 Å². The van der Waals surface area contributed by atoms with Crippen LogP contribution in [0.3, 0.4) is 0 Å². The van der Waals surface area contributed by atoms with E-state index in [1.54, 1.807) is 37.4 Å². The van der Waals surface area contributed by atoms with E-state index in [0.29, 0.717) is 12.3 Å². The quantitative estimate of drug-likeness (QED) is 0.599. The van der Waals surface area contributed by atoms with Gasteiger partial charge in [-0.25, -0.2) is 4.39 Å². The van der Waals surface area contributed by atoms with E-state index in [1.807, 2.05) is 30.3 Å². The number of rotatable bonds is 8. The number of benzene rings is 2. The normalized spacial score (nSPS) is 10.4. The van der Waals surface area contributed by atoms with Crippen molar-refractivity contribution in [1.82, 2.24) is 4.90 Å². The van der Waals surface area contributed by atoms with Crippen molar-refractivity contribution in [2.24, 2.45) is 0 Å². The molecule has 1 aromatic heterocycles. The van der Waals surface area contributed by atoms with E-state index in [4.69, 9.17) is 13.9 Å². The molecule has 2 aromatic carbocycles. The van der Waals surface area contributed by atoms with E-state index >= 15 is 0 Å². The van der Waals surface area contributed by atoms with Crippen LogP contribution in [0, 0.1) is 5.82 Å². The lowest BCUT2D eigenvalue weighted by molar-refractivity contribution is 0.0737. The molecule has 0 unspecified atom stereocenters. The third kappa shape index (κ3) is 5.10. The van der Waals surface area contributed by atoms with E-state index < -0.39 is 5.82 Å². The molecule has 3 rings (SSSR count). The van der Waals surface area contributed by atoms with Crippen LogP contribution in [0.5, 0.6) is 11.5 Å². The smallest absolute Gasteiger partial charge is 0.289 e. The molecule has 0 aliphatic heterocycles. The Balaban J connectivity index is 1.48. The maximum absolute atomic E-state index is 13.5. The Kier molecular flexibility index (Phi) is 6.10. The van der Waals surface area contributed by atoms with Crippen molar-refractivity contribution in [2.75, 3.05) is 20.2 Å². The minimum Gasteiger partial charge on any atom is -0.489 e. The Labute approximate surface area is 156 Å². The van der Waals surface area contributed by atoms with Gasteiger partial charge in [0, 0.05) is 7.05 Å². The predicted molar refractivity (Wildman–Crippen MR) is 98.3 cm³/mol. The highest BCUT2D eigenvalue weighted by molar-refractivity contribution is 5.91. The first-order chi connectivity index (χ1) is 13.1. The number of hydrogen-bond donors (Lipinski definition) is 0. The molecule has 27 heavy (non-hydrogen) atoms. The maximum Gasteiger partial charge on any atom is 0.289 e. The molecule has 5 nitrogen and oxygen atoms in total. The van der Waals surface area contributed by atoms with E-state index in [9.17, 15) is 9.18 Å². The lowest BCUT2D eigenvalue weighted by atomic mass is 10.3. The van der Waals surface area contributed by atoms with Crippen molar-refractivity contribution < 1.29 is 23.1 Å². The van der Waals surface area contributed by atoms with Crippen LogP contribution in [0.4, 0.5) is 4.39 Å². The highest BCUT2D eigenvalue weighted by atomic mass is 19.1. The number of para-hydroxylation sites is 2. The van der Waals surface area contributed by atoms with Gasteiger partial charge in [-0.3, -0.25) is 4.79 Å². The molecular formula is C21H20FNO4. The van der Waals surface area contributed by atoms with Crippen LogP contribution in [0.2, 0.25) is 0 Å². The molecule has 0 aliphatic carbocycles. The Morgan fingerprint density at radius 1 is 1.00 bits per heavy atom. The zero-order chi connectivity index (χ0) is 19.1. The summed E-state index contributed by atoms with van der Waals surface area (Å²) >= 11 is 0. The van der Waals surface area contributed by atoms with Gasteiger partial charge in [0.05, 0.1) is 6.54 Å². The average molecular weight is 369 g/mol. The number of amides is 1. The van der Waals surface area contributed by atoms with Gasteiger partial charge >= 0.3 is 0 Å². The first-order valence-corrected chi connectivity index (χ1v) is 8.53. The number of likely N-dealkylation sites (N-methyl/N-ethyl adjacent to an activating group) is 1. The SMILES string of the molecule is CN(CCOc1ccccc1F)C(=O)c1ccc(COc2ccccc2)o1. The van der Waals surface area contributed by atoms with Gasteiger partial charge in [0.1, 0.15) is 24.7 Å². The van der Waals surface area contributed by atoms with Crippen molar-refractivity contribution in [3.63, 3.8) is 0 Å². The van der Waals surface area contributed by atoms with Crippen LogP contribution < -0.4 is 9.47 Å². The Hall–Kier alpha value is -3.28. The minimum absolute atomic E-state index is 0.164. The van der Waals surface area contributed by atoms with Crippen molar-refractivity contribution in [3.05, 3.63) is 84.1 Å². The highest BCUT2D eigenvalue weighted by Gasteiger charge is 2.16. The lowest BCUT2D eigenvalue weighted by Gasteiger charge is -2.16. The van der Waals surface area contributed by atoms with Crippen LogP contribution in [0.15, 0.2) is 71.1 Å². The van der Waals surface area contributed by atoms with Crippen LogP contribution in [-0.2, 0) is 6.61 Å². The molecule has 3 aromatic rings. The standard InChI is InChI=1S/C21H20FNO4/c1-23(13-14-25-19-10-6-5-9-18(19)22)21(24)20-12-11-17(27-20)15-26-16-7-3-2-4-8-16/h2-12H,13-15H2,1H3. The van der Waals surface area contributed by atoms with Gasteiger partial charge in [0.15, 0.2) is 17.3 Å². The Morgan fingerprint density at radius 2 is 1.74 bits per heavy atom. The zero-order valence-corrected chi connectivity index (χ0v) is 14.9. The molecule has 1 amide bonds. The largest absolute Gasteiger partial charge is 0.489 e. The number of furan rings is 1. The fourth-order valence-corrected chi connectivity index (χ4v) is 2.39. The summed E-state index contributed by atoms with van der Waals surface area (Å²) in [6.45, 7) is 0.703. The fraction of sp³-hybridized carbons (Fsp3) is 0.190. The Bertz CT molecular complexity index is 879.